The predicted molar refractivity (Wildman–Crippen MR) is 56.5 cm³/mol. The Balaban J connectivity index is 2.33. The Morgan fingerprint density at radius 1 is 1.31 bits per heavy atom. The maximum atomic E-state index is 5.27. The fraction of sp³-hybridized carbons (Fsp3) is 0.300. The highest BCUT2D eigenvalue weighted by atomic mass is 16.5. The monoisotopic (exact) mass is 220 g/mol. The van der Waals surface area contributed by atoms with Crippen LogP contribution in [0.1, 0.15) is 5.69 Å². The van der Waals surface area contributed by atoms with Crippen molar-refractivity contribution in [1.29, 1.82) is 0 Å². The molecule has 0 bridgehead atoms. The van der Waals surface area contributed by atoms with Gasteiger partial charge in [-0.3, -0.25) is 4.98 Å². The van der Waals surface area contributed by atoms with Crippen molar-refractivity contribution in [3.63, 3.8) is 0 Å². The minimum absolute atomic E-state index is 0.500. The topological polar surface area (TPSA) is 62.1 Å². The van der Waals surface area contributed by atoms with Gasteiger partial charge in [0.25, 0.3) is 0 Å². The average Bonchev–Trinajstić information content (AvgIpc) is 2.81. The first kappa shape index (κ1) is 10.4. The van der Waals surface area contributed by atoms with E-state index >= 15 is 0 Å². The molecule has 16 heavy (non-hydrogen) atoms. The second-order valence-corrected chi connectivity index (χ2v) is 3.09. The van der Waals surface area contributed by atoms with Crippen LogP contribution in [0.2, 0.25) is 0 Å². The summed E-state index contributed by atoms with van der Waals surface area (Å²) in [5.41, 5.74) is 0.757. The molecule has 84 valence electrons. The second-order valence-electron chi connectivity index (χ2n) is 3.09. The number of aromatic nitrogens is 4. The van der Waals surface area contributed by atoms with Crippen LogP contribution >= 0.6 is 0 Å². The lowest BCUT2D eigenvalue weighted by molar-refractivity contribution is 0.348. The lowest BCUT2D eigenvalue weighted by atomic mass is 10.3. The summed E-state index contributed by atoms with van der Waals surface area (Å²) < 4.78 is 12.1. The molecule has 0 saturated carbocycles. The van der Waals surface area contributed by atoms with E-state index in [1.807, 2.05) is 0 Å². The van der Waals surface area contributed by atoms with E-state index in [-0.39, 0.29) is 0 Å². The Hall–Kier alpha value is -2.11. The van der Waals surface area contributed by atoms with Crippen molar-refractivity contribution in [2.24, 2.45) is 0 Å². The lowest BCUT2D eigenvalue weighted by Gasteiger charge is -2.11. The lowest BCUT2D eigenvalue weighted by Crippen LogP contribution is -2.05. The molecule has 0 aliphatic carbocycles. The number of pyridine rings is 1. The highest BCUT2D eigenvalue weighted by Crippen LogP contribution is 2.29. The maximum Gasteiger partial charge on any atom is 0.184 e. The van der Waals surface area contributed by atoms with Crippen molar-refractivity contribution in [3.8, 4) is 11.5 Å². The summed E-state index contributed by atoms with van der Waals surface area (Å²) in [6.45, 7) is 0.500. The minimum atomic E-state index is 0.500. The van der Waals surface area contributed by atoms with Crippen molar-refractivity contribution in [2.45, 2.75) is 6.54 Å². The molecule has 0 unspecified atom stereocenters. The van der Waals surface area contributed by atoms with Gasteiger partial charge in [-0.25, -0.2) is 9.67 Å². The molecule has 0 atom stereocenters. The fourth-order valence-electron chi connectivity index (χ4n) is 1.43. The van der Waals surface area contributed by atoms with E-state index in [1.54, 1.807) is 37.5 Å². The summed E-state index contributed by atoms with van der Waals surface area (Å²) in [6, 6.07) is 1.75. The van der Waals surface area contributed by atoms with Crippen LogP contribution in [-0.2, 0) is 6.54 Å². The molecular weight excluding hydrogens is 208 g/mol. The van der Waals surface area contributed by atoms with Crippen molar-refractivity contribution in [2.75, 3.05) is 14.2 Å². The molecule has 0 N–H and O–H groups in total. The number of hydrogen-bond acceptors (Lipinski definition) is 5. The van der Waals surface area contributed by atoms with Crippen molar-refractivity contribution in [1.82, 2.24) is 19.7 Å². The molecule has 2 heterocycles. The molecule has 2 aromatic heterocycles. The Kier molecular flexibility index (Phi) is 3.00. The van der Waals surface area contributed by atoms with Crippen molar-refractivity contribution < 1.29 is 9.47 Å². The van der Waals surface area contributed by atoms with Crippen LogP contribution < -0.4 is 9.47 Å². The molecule has 0 fully saturated rings. The molecule has 0 spiro atoms. The summed E-state index contributed by atoms with van der Waals surface area (Å²) in [4.78, 5) is 8.11. The number of nitrogens with zero attached hydrogens (tertiary/aromatic N) is 4. The Labute approximate surface area is 92.9 Å². The van der Waals surface area contributed by atoms with Gasteiger partial charge in [-0.1, -0.05) is 0 Å². The molecule has 0 radical (unpaired) electrons. The molecule has 2 aromatic rings. The van der Waals surface area contributed by atoms with Gasteiger partial charge in [-0.05, 0) is 0 Å². The predicted octanol–water partition coefficient (Wildman–Crippen LogP) is 0.739. The molecule has 0 aromatic carbocycles. The molecular formula is C10H12N4O2. The average molecular weight is 220 g/mol. The van der Waals surface area contributed by atoms with E-state index in [0.29, 0.717) is 18.0 Å². The van der Waals surface area contributed by atoms with E-state index in [9.17, 15) is 0 Å². The zero-order chi connectivity index (χ0) is 11.4. The first-order valence-electron chi connectivity index (χ1n) is 4.73. The van der Waals surface area contributed by atoms with Crippen molar-refractivity contribution >= 4 is 0 Å². The Morgan fingerprint density at radius 2 is 2.19 bits per heavy atom. The van der Waals surface area contributed by atoms with Gasteiger partial charge < -0.3 is 9.47 Å². The molecule has 0 aliphatic heterocycles. The minimum Gasteiger partial charge on any atom is -0.493 e. The molecule has 0 saturated heterocycles. The normalized spacial score (nSPS) is 10.1. The van der Waals surface area contributed by atoms with Gasteiger partial charge >= 0.3 is 0 Å². The largest absolute Gasteiger partial charge is 0.493 e. The molecule has 0 aliphatic rings. The van der Waals surface area contributed by atoms with Crippen molar-refractivity contribution in [3.05, 3.63) is 30.6 Å². The smallest absolute Gasteiger partial charge is 0.184 e. The van der Waals surface area contributed by atoms with Gasteiger partial charge in [0.15, 0.2) is 11.5 Å². The van der Waals surface area contributed by atoms with Crippen LogP contribution in [0, 0.1) is 0 Å². The quantitative estimate of drug-likeness (QED) is 0.760. The van der Waals surface area contributed by atoms with Crippen LogP contribution in [-0.4, -0.2) is 34.0 Å². The van der Waals surface area contributed by atoms with Gasteiger partial charge in [0.1, 0.15) is 18.3 Å². The van der Waals surface area contributed by atoms with Gasteiger partial charge in [0, 0.05) is 12.3 Å². The van der Waals surface area contributed by atoms with Crippen LogP contribution in [0.15, 0.2) is 24.9 Å². The molecule has 2 rings (SSSR count). The maximum absolute atomic E-state index is 5.27. The second kappa shape index (κ2) is 4.61. The summed E-state index contributed by atoms with van der Waals surface area (Å²) in [6.07, 6.45) is 4.78. The molecule has 6 nitrogen and oxygen atoms in total. The highest BCUT2D eigenvalue weighted by Gasteiger charge is 2.11. The van der Waals surface area contributed by atoms with Gasteiger partial charge in [-0.2, -0.15) is 5.10 Å². The van der Waals surface area contributed by atoms with E-state index in [2.05, 4.69) is 15.1 Å². The Morgan fingerprint density at radius 3 is 2.81 bits per heavy atom. The van der Waals surface area contributed by atoms with Gasteiger partial charge in [-0.15, -0.1) is 0 Å². The fourth-order valence-corrected chi connectivity index (χ4v) is 1.43. The third-order valence-corrected chi connectivity index (χ3v) is 2.14. The third kappa shape index (κ3) is 1.95. The number of rotatable bonds is 4. The van der Waals surface area contributed by atoms with Crippen LogP contribution in [0.5, 0.6) is 11.5 Å². The summed E-state index contributed by atoms with van der Waals surface area (Å²) >= 11 is 0. The third-order valence-electron chi connectivity index (χ3n) is 2.14. The number of methoxy groups -OCH3 is 2. The van der Waals surface area contributed by atoms with Crippen LogP contribution in [0.25, 0.3) is 0 Å². The number of hydrogen-bond donors (Lipinski definition) is 0. The summed E-state index contributed by atoms with van der Waals surface area (Å²) in [5, 5.41) is 4.01. The van der Waals surface area contributed by atoms with E-state index in [1.165, 1.54) is 6.33 Å². The summed E-state index contributed by atoms with van der Waals surface area (Å²) in [7, 11) is 3.18. The highest BCUT2D eigenvalue weighted by molar-refractivity contribution is 5.42. The number of ether oxygens (including phenoxy) is 2. The Bertz CT molecular complexity index is 456. The van der Waals surface area contributed by atoms with Crippen LogP contribution in [0.4, 0.5) is 0 Å². The first-order valence-corrected chi connectivity index (χ1v) is 4.73. The zero-order valence-electron chi connectivity index (χ0n) is 9.12. The van der Waals surface area contributed by atoms with E-state index < -0.39 is 0 Å². The summed E-state index contributed by atoms with van der Waals surface area (Å²) in [5.74, 6) is 1.29. The van der Waals surface area contributed by atoms with E-state index in [0.717, 1.165) is 5.69 Å². The van der Waals surface area contributed by atoms with Crippen LogP contribution in [0.3, 0.4) is 0 Å². The van der Waals surface area contributed by atoms with E-state index in [4.69, 9.17) is 9.47 Å². The molecule has 6 heteroatoms. The first-order chi connectivity index (χ1) is 7.85. The molecule has 0 amide bonds. The van der Waals surface area contributed by atoms with Gasteiger partial charge in [0.2, 0.25) is 0 Å². The zero-order valence-corrected chi connectivity index (χ0v) is 9.12. The van der Waals surface area contributed by atoms with Gasteiger partial charge in [0.05, 0.1) is 20.8 Å². The standard InChI is InChI=1S/C10H12N4O2/c1-15-9-3-4-12-8(10(9)16-2)5-14-7-11-6-13-14/h3-4,6-7H,5H2,1-2H3. The SMILES string of the molecule is COc1ccnc(Cn2cncn2)c1OC.